The van der Waals surface area contributed by atoms with Crippen molar-refractivity contribution in [3.8, 4) is 0 Å². The minimum Gasteiger partial charge on any atom is -0.383 e. The third kappa shape index (κ3) is 5.48. The van der Waals surface area contributed by atoms with E-state index in [9.17, 15) is 0 Å². The van der Waals surface area contributed by atoms with Crippen LogP contribution in [0.1, 0.15) is 12.0 Å². The lowest BCUT2D eigenvalue weighted by Gasteiger charge is -2.00. The molecular weight excluding hydrogens is 290 g/mol. The second-order valence-electron chi connectivity index (χ2n) is 4.23. The highest BCUT2D eigenvalue weighted by molar-refractivity contribution is 8.01. The Hall–Kier alpha value is -1.11. The summed E-state index contributed by atoms with van der Waals surface area (Å²) in [5.41, 5.74) is 1.40. The second kappa shape index (κ2) is 8.94. The molecule has 0 amide bonds. The maximum absolute atomic E-state index is 4.98. The lowest BCUT2D eigenvalue weighted by atomic mass is 10.1. The van der Waals surface area contributed by atoms with Gasteiger partial charge in [0.2, 0.25) is 5.13 Å². The van der Waals surface area contributed by atoms with Gasteiger partial charge in [-0.1, -0.05) is 53.4 Å². The van der Waals surface area contributed by atoms with Gasteiger partial charge in [0.1, 0.15) is 0 Å². The predicted octanol–water partition coefficient (Wildman–Crippen LogP) is 3.32. The van der Waals surface area contributed by atoms with Gasteiger partial charge < -0.3 is 10.1 Å². The molecule has 0 atom stereocenters. The van der Waals surface area contributed by atoms with E-state index in [1.165, 1.54) is 5.56 Å². The summed E-state index contributed by atoms with van der Waals surface area (Å²) in [6, 6.07) is 10.6. The molecule has 2 rings (SSSR count). The van der Waals surface area contributed by atoms with Crippen LogP contribution in [0.25, 0.3) is 0 Å². The lowest BCUT2D eigenvalue weighted by molar-refractivity contribution is 0.211. The van der Waals surface area contributed by atoms with Gasteiger partial charge in [-0.05, 0) is 18.4 Å². The highest BCUT2D eigenvalue weighted by Gasteiger charge is 2.04. The quantitative estimate of drug-likeness (QED) is 0.569. The summed E-state index contributed by atoms with van der Waals surface area (Å²) in [5, 5.41) is 12.3. The van der Waals surface area contributed by atoms with Crippen LogP contribution < -0.4 is 5.32 Å². The zero-order chi connectivity index (χ0) is 14.0. The summed E-state index contributed by atoms with van der Waals surface area (Å²) in [6.07, 6.45) is 2.27. The summed E-state index contributed by atoms with van der Waals surface area (Å²) >= 11 is 3.38. The van der Waals surface area contributed by atoms with E-state index < -0.39 is 0 Å². The van der Waals surface area contributed by atoms with Crippen molar-refractivity contribution in [1.29, 1.82) is 0 Å². The largest absolute Gasteiger partial charge is 0.383 e. The maximum Gasteiger partial charge on any atom is 0.206 e. The van der Waals surface area contributed by atoms with Crippen molar-refractivity contribution in [2.24, 2.45) is 0 Å². The summed E-state index contributed by atoms with van der Waals surface area (Å²) in [4.78, 5) is 0. The third-order valence-corrected chi connectivity index (χ3v) is 4.77. The number of nitrogens with zero attached hydrogens (tertiary/aromatic N) is 2. The Labute approximate surface area is 128 Å². The fourth-order valence-electron chi connectivity index (χ4n) is 1.68. The van der Waals surface area contributed by atoms with Crippen LogP contribution in [0.15, 0.2) is 34.7 Å². The molecule has 108 valence electrons. The molecule has 0 saturated carbocycles. The summed E-state index contributed by atoms with van der Waals surface area (Å²) in [5.74, 6) is 1.07. The van der Waals surface area contributed by atoms with Crippen LogP contribution in [0.5, 0.6) is 0 Å². The van der Waals surface area contributed by atoms with Crippen LogP contribution in [-0.2, 0) is 11.2 Å². The van der Waals surface area contributed by atoms with E-state index in [1.807, 2.05) is 0 Å². The minimum absolute atomic E-state index is 0.680. The first kappa shape index (κ1) is 15.3. The lowest BCUT2D eigenvalue weighted by Crippen LogP contribution is -2.06. The number of thioether (sulfide) groups is 1. The third-order valence-electron chi connectivity index (χ3n) is 2.67. The van der Waals surface area contributed by atoms with Gasteiger partial charge in [0.15, 0.2) is 4.34 Å². The molecule has 0 aliphatic rings. The Morgan fingerprint density at radius 3 is 2.90 bits per heavy atom. The number of nitrogens with one attached hydrogen (secondary N) is 1. The zero-order valence-corrected chi connectivity index (χ0v) is 13.2. The van der Waals surface area contributed by atoms with Crippen LogP contribution in [0.3, 0.4) is 0 Å². The van der Waals surface area contributed by atoms with Crippen LogP contribution >= 0.6 is 23.1 Å². The van der Waals surface area contributed by atoms with Gasteiger partial charge in [-0.2, -0.15) is 0 Å². The number of methoxy groups -OCH3 is 1. The summed E-state index contributed by atoms with van der Waals surface area (Å²) in [7, 11) is 1.69. The van der Waals surface area contributed by atoms with Gasteiger partial charge in [0.05, 0.1) is 6.61 Å². The molecule has 0 fully saturated rings. The first-order valence-electron chi connectivity index (χ1n) is 6.61. The van der Waals surface area contributed by atoms with Crippen molar-refractivity contribution in [3.63, 3.8) is 0 Å². The monoisotopic (exact) mass is 309 g/mol. The molecule has 0 unspecified atom stereocenters. The van der Waals surface area contributed by atoms with Crippen molar-refractivity contribution in [2.75, 3.05) is 31.3 Å². The number of aryl methyl sites for hydroxylation is 1. The second-order valence-corrected chi connectivity index (χ2v) is 6.55. The fraction of sp³-hybridized carbons (Fsp3) is 0.429. The highest BCUT2D eigenvalue weighted by Crippen LogP contribution is 2.26. The van der Waals surface area contributed by atoms with Crippen LogP contribution in [-0.4, -0.2) is 36.2 Å². The van der Waals surface area contributed by atoms with Crippen molar-refractivity contribution in [3.05, 3.63) is 35.9 Å². The van der Waals surface area contributed by atoms with Gasteiger partial charge in [0.25, 0.3) is 0 Å². The van der Waals surface area contributed by atoms with Crippen LogP contribution in [0, 0.1) is 0 Å². The van der Waals surface area contributed by atoms with Gasteiger partial charge in [0, 0.05) is 19.4 Å². The van der Waals surface area contributed by atoms with E-state index in [0.29, 0.717) is 6.61 Å². The summed E-state index contributed by atoms with van der Waals surface area (Å²) in [6.45, 7) is 1.45. The fourth-order valence-corrected chi connectivity index (χ4v) is 3.47. The zero-order valence-electron chi connectivity index (χ0n) is 11.5. The van der Waals surface area contributed by atoms with E-state index in [4.69, 9.17) is 4.74 Å². The van der Waals surface area contributed by atoms with E-state index in [0.717, 1.165) is 34.6 Å². The number of benzene rings is 1. The molecule has 6 heteroatoms. The number of hydrogen-bond donors (Lipinski definition) is 1. The van der Waals surface area contributed by atoms with E-state index in [1.54, 1.807) is 30.2 Å². The molecule has 0 bridgehead atoms. The Kier molecular flexibility index (Phi) is 6.83. The number of aromatic nitrogens is 2. The molecule has 0 spiro atoms. The molecule has 1 N–H and O–H groups in total. The molecule has 1 aromatic carbocycles. The number of ether oxygens (including phenoxy) is 1. The van der Waals surface area contributed by atoms with Crippen molar-refractivity contribution >= 4 is 28.2 Å². The standard InChI is InChI=1S/C14H19N3OS2/c1-18-10-9-15-13-16-17-14(20-13)19-11-5-8-12-6-3-2-4-7-12/h2-4,6-7H,5,8-11H2,1H3,(H,15,16). The first-order chi connectivity index (χ1) is 9.88. The molecule has 1 aromatic heterocycles. The van der Waals surface area contributed by atoms with E-state index in [2.05, 4.69) is 45.8 Å². The van der Waals surface area contributed by atoms with Crippen LogP contribution in [0.2, 0.25) is 0 Å². The molecule has 0 aliphatic heterocycles. The van der Waals surface area contributed by atoms with Crippen LogP contribution in [0.4, 0.5) is 5.13 Å². The summed E-state index contributed by atoms with van der Waals surface area (Å²) < 4.78 is 6.01. The molecule has 20 heavy (non-hydrogen) atoms. The number of hydrogen-bond acceptors (Lipinski definition) is 6. The SMILES string of the molecule is COCCNc1nnc(SCCCc2ccccc2)s1. The number of anilines is 1. The van der Waals surface area contributed by atoms with Crippen molar-refractivity contribution in [1.82, 2.24) is 10.2 Å². The Balaban J connectivity index is 1.64. The Morgan fingerprint density at radius 1 is 1.25 bits per heavy atom. The molecule has 0 aliphatic carbocycles. The molecule has 0 saturated heterocycles. The molecule has 4 nitrogen and oxygen atoms in total. The topological polar surface area (TPSA) is 47.0 Å². The molecule has 0 radical (unpaired) electrons. The molecule has 2 aromatic rings. The average molecular weight is 309 g/mol. The maximum atomic E-state index is 4.98. The Bertz CT molecular complexity index is 490. The molecule has 1 heterocycles. The Morgan fingerprint density at radius 2 is 2.10 bits per heavy atom. The predicted molar refractivity (Wildman–Crippen MR) is 85.8 cm³/mol. The normalized spacial score (nSPS) is 10.7. The minimum atomic E-state index is 0.680. The van der Waals surface area contributed by atoms with Gasteiger partial charge in [-0.25, -0.2) is 0 Å². The molecular formula is C14H19N3OS2. The average Bonchev–Trinajstić information content (AvgIpc) is 2.93. The van der Waals surface area contributed by atoms with Crippen molar-refractivity contribution < 1.29 is 4.74 Å². The van der Waals surface area contributed by atoms with Gasteiger partial charge in [-0.3, -0.25) is 0 Å². The van der Waals surface area contributed by atoms with Crippen molar-refractivity contribution in [2.45, 2.75) is 17.2 Å². The van der Waals surface area contributed by atoms with E-state index >= 15 is 0 Å². The smallest absolute Gasteiger partial charge is 0.206 e. The number of rotatable bonds is 9. The van der Waals surface area contributed by atoms with E-state index in [-0.39, 0.29) is 0 Å². The van der Waals surface area contributed by atoms with Gasteiger partial charge in [-0.15, -0.1) is 10.2 Å². The first-order valence-corrected chi connectivity index (χ1v) is 8.42. The van der Waals surface area contributed by atoms with Gasteiger partial charge >= 0.3 is 0 Å². The highest BCUT2D eigenvalue weighted by atomic mass is 32.2.